The van der Waals surface area contributed by atoms with E-state index in [4.69, 9.17) is 5.11 Å². The number of benzene rings is 1. The highest BCUT2D eigenvalue weighted by molar-refractivity contribution is 5.72. The summed E-state index contributed by atoms with van der Waals surface area (Å²) >= 11 is 0. The van der Waals surface area contributed by atoms with Crippen LogP contribution in [0.3, 0.4) is 0 Å². The standard InChI is InChI=1S/C12H18N2O/c1-13-8-9-14(7-4-10-15)12-6-3-2-5-11(12)13/h2-3,5-6,15H,4,7-10H2,1H3. The fourth-order valence-electron chi connectivity index (χ4n) is 2.06. The first-order valence-corrected chi connectivity index (χ1v) is 5.49. The van der Waals surface area contributed by atoms with E-state index >= 15 is 0 Å². The summed E-state index contributed by atoms with van der Waals surface area (Å²) in [5.41, 5.74) is 2.58. The quantitative estimate of drug-likeness (QED) is 0.808. The molecule has 0 bridgehead atoms. The maximum Gasteiger partial charge on any atom is 0.0604 e. The van der Waals surface area contributed by atoms with Crippen molar-refractivity contribution >= 4 is 11.4 Å². The summed E-state index contributed by atoms with van der Waals surface area (Å²) in [5.74, 6) is 0. The van der Waals surface area contributed by atoms with Crippen LogP contribution in [0, 0.1) is 0 Å². The van der Waals surface area contributed by atoms with Crippen molar-refractivity contribution in [2.45, 2.75) is 6.42 Å². The highest BCUT2D eigenvalue weighted by atomic mass is 16.3. The van der Waals surface area contributed by atoms with Crippen LogP contribution in [0.15, 0.2) is 24.3 Å². The van der Waals surface area contributed by atoms with Crippen molar-refractivity contribution in [3.05, 3.63) is 24.3 Å². The van der Waals surface area contributed by atoms with Crippen LogP contribution in [-0.2, 0) is 0 Å². The molecule has 1 aliphatic rings. The lowest BCUT2D eigenvalue weighted by Crippen LogP contribution is -2.39. The molecule has 1 N–H and O–H groups in total. The number of hydrogen-bond acceptors (Lipinski definition) is 3. The lowest BCUT2D eigenvalue weighted by Gasteiger charge is -2.36. The van der Waals surface area contributed by atoms with Crippen molar-refractivity contribution in [3.63, 3.8) is 0 Å². The van der Waals surface area contributed by atoms with E-state index in [2.05, 4.69) is 41.1 Å². The van der Waals surface area contributed by atoms with Gasteiger partial charge in [0.15, 0.2) is 0 Å². The molecule has 0 aliphatic carbocycles. The van der Waals surface area contributed by atoms with Gasteiger partial charge < -0.3 is 14.9 Å². The summed E-state index contributed by atoms with van der Waals surface area (Å²) < 4.78 is 0. The van der Waals surface area contributed by atoms with Crippen molar-refractivity contribution in [3.8, 4) is 0 Å². The molecule has 0 saturated heterocycles. The molecule has 1 heterocycles. The Morgan fingerprint density at radius 1 is 1.20 bits per heavy atom. The highest BCUT2D eigenvalue weighted by Gasteiger charge is 2.18. The van der Waals surface area contributed by atoms with Crippen LogP contribution < -0.4 is 9.80 Å². The molecule has 3 nitrogen and oxygen atoms in total. The molecule has 2 rings (SSSR count). The molecule has 0 atom stereocenters. The lowest BCUT2D eigenvalue weighted by atomic mass is 10.1. The second-order valence-electron chi connectivity index (χ2n) is 3.97. The fourth-order valence-corrected chi connectivity index (χ4v) is 2.06. The van der Waals surface area contributed by atoms with Gasteiger partial charge in [0.05, 0.1) is 11.4 Å². The second kappa shape index (κ2) is 4.53. The number of fused-ring (bicyclic) bond motifs is 1. The van der Waals surface area contributed by atoms with E-state index in [0.717, 1.165) is 26.1 Å². The summed E-state index contributed by atoms with van der Waals surface area (Å²) in [6.45, 7) is 3.33. The van der Waals surface area contributed by atoms with E-state index in [9.17, 15) is 0 Å². The molecule has 3 heteroatoms. The Hall–Kier alpha value is -1.22. The first kappa shape index (κ1) is 10.3. The normalized spacial score (nSPS) is 15.3. The molecule has 0 unspecified atom stereocenters. The van der Waals surface area contributed by atoms with Crippen molar-refractivity contribution < 1.29 is 5.11 Å². The molecular formula is C12H18N2O. The van der Waals surface area contributed by atoms with Crippen LogP contribution >= 0.6 is 0 Å². The number of aliphatic hydroxyl groups excluding tert-OH is 1. The summed E-state index contributed by atoms with van der Waals surface area (Å²) in [6, 6.07) is 8.46. The minimum atomic E-state index is 0.272. The maximum atomic E-state index is 8.86. The van der Waals surface area contributed by atoms with Crippen LogP contribution in [0.5, 0.6) is 0 Å². The molecule has 0 radical (unpaired) electrons. The lowest BCUT2D eigenvalue weighted by molar-refractivity contribution is 0.289. The number of anilines is 2. The topological polar surface area (TPSA) is 26.7 Å². The molecule has 1 aromatic rings. The van der Waals surface area contributed by atoms with Crippen LogP contribution in [0.4, 0.5) is 11.4 Å². The molecule has 1 aromatic carbocycles. The monoisotopic (exact) mass is 206 g/mol. The van der Waals surface area contributed by atoms with Gasteiger partial charge in [0.2, 0.25) is 0 Å². The second-order valence-corrected chi connectivity index (χ2v) is 3.97. The minimum absolute atomic E-state index is 0.272. The number of para-hydroxylation sites is 2. The van der Waals surface area contributed by atoms with Gasteiger partial charge in [-0.05, 0) is 18.6 Å². The molecule has 1 aliphatic heterocycles. The van der Waals surface area contributed by atoms with E-state index in [0.29, 0.717) is 0 Å². The summed E-state index contributed by atoms with van der Waals surface area (Å²) in [5, 5.41) is 8.86. The Bertz CT molecular complexity index is 327. The molecule has 0 spiro atoms. The zero-order valence-electron chi connectivity index (χ0n) is 9.19. The van der Waals surface area contributed by atoms with E-state index in [1.807, 2.05) is 0 Å². The average Bonchev–Trinajstić information content (AvgIpc) is 2.29. The van der Waals surface area contributed by atoms with Gasteiger partial charge in [-0.2, -0.15) is 0 Å². The molecule has 82 valence electrons. The van der Waals surface area contributed by atoms with Gasteiger partial charge in [0.1, 0.15) is 0 Å². The molecule has 0 aromatic heterocycles. The van der Waals surface area contributed by atoms with Crippen molar-refractivity contribution in [2.24, 2.45) is 0 Å². The Morgan fingerprint density at radius 2 is 1.93 bits per heavy atom. The van der Waals surface area contributed by atoms with E-state index in [-0.39, 0.29) is 6.61 Å². The number of nitrogens with zero attached hydrogens (tertiary/aromatic N) is 2. The van der Waals surface area contributed by atoms with Crippen molar-refractivity contribution in [1.29, 1.82) is 0 Å². The van der Waals surface area contributed by atoms with Crippen LogP contribution in [0.1, 0.15) is 6.42 Å². The third-order valence-corrected chi connectivity index (χ3v) is 2.93. The zero-order valence-corrected chi connectivity index (χ0v) is 9.19. The number of aliphatic hydroxyl groups is 1. The van der Waals surface area contributed by atoms with Gasteiger partial charge in [-0.3, -0.25) is 0 Å². The zero-order chi connectivity index (χ0) is 10.7. The number of rotatable bonds is 3. The van der Waals surface area contributed by atoms with Gasteiger partial charge in [-0.15, -0.1) is 0 Å². The Balaban J connectivity index is 2.20. The predicted octanol–water partition coefficient (Wildman–Crippen LogP) is 1.33. The van der Waals surface area contributed by atoms with Crippen LogP contribution in [0.2, 0.25) is 0 Å². The van der Waals surface area contributed by atoms with E-state index in [1.54, 1.807) is 0 Å². The predicted molar refractivity (Wildman–Crippen MR) is 63.6 cm³/mol. The Labute approximate surface area is 90.9 Å². The third kappa shape index (κ3) is 2.07. The molecule has 15 heavy (non-hydrogen) atoms. The number of hydrogen-bond donors (Lipinski definition) is 1. The van der Waals surface area contributed by atoms with Crippen molar-refractivity contribution in [1.82, 2.24) is 0 Å². The number of likely N-dealkylation sites (N-methyl/N-ethyl adjacent to an activating group) is 1. The first-order chi connectivity index (χ1) is 7.33. The Kier molecular flexibility index (Phi) is 3.11. The van der Waals surface area contributed by atoms with Gasteiger partial charge in [0, 0.05) is 33.3 Å². The summed E-state index contributed by atoms with van der Waals surface area (Å²) in [7, 11) is 2.13. The molecule has 0 saturated carbocycles. The van der Waals surface area contributed by atoms with Crippen LogP contribution in [-0.4, -0.2) is 38.4 Å². The van der Waals surface area contributed by atoms with Gasteiger partial charge in [-0.1, -0.05) is 12.1 Å². The highest BCUT2D eigenvalue weighted by Crippen LogP contribution is 2.31. The smallest absolute Gasteiger partial charge is 0.0604 e. The van der Waals surface area contributed by atoms with Crippen LogP contribution in [0.25, 0.3) is 0 Å². The SMILES string of the molecule is CN1CCN(CCCO)c2ccccc21. The summed E-state index contributed by atoms with van der Waals surface area (Å²) in [4.78, 5) is 4.64. The van der Waals surface area contributed by atoms with Gasteiger partial charge >= 0.3 is 0 Å². The Morgan fingerprint density at radius 3 is 2.67 bits per heavy atom. The van der Waals surface area contributed by atoms with E-state index < -0.39 is 0 Å². The first-order valence-electron chi connectivity index (χ1n) is 5.49. The van der Waals surface area contributed by atoms with E-state index in [1.165, 1.54) is 11.4 Å². The maximum absolute atomic E-state index is 8.86. The van der Waals surface area contributed by atoms with Crippen molar-refractivity contribution in [2.75, 3.05) is 43.1 Å². The largest absolute Gasteiger partial charge is 0.396 e. The fraction of sp³-hybridized carbons (Fsp3) is 0.500. The third-order valence-electron chi connectivity index (χ3n) is 2.93. The minimum Gasteiger partial charge on any atom is -0.396 e. The average molecular weight is 206 g/mol. The summed E-state index contributed by atoms with van der Waals surface area (Å²) in [6.07, 6.45) is 0.845. The molecule has 0 fully saturated rings. The van der Waals surface area contributed by atoms with Gasteiger partial charge in [-0.25, -0.2) is 0 Å². The molecule has 0 amide bonds. The van der Waals surface area contributed by atoms with Gasteiger partial charge in [0.25, 0.3) is 0 Å². The molecular weight excluding hydrogens is 188 g/mol.